The number of benzene rings is 1. The van der Waals surface area contributed by atoms with E-state index in [2.05, 4.69) is 5.32 Å². The molecule has 4 nitrogen and oxygen atoms in total. The van der Waals surface area contributed by atoms with E-state index >= 15 is 0 Å². The van der Waals surface area contributed by atoms with Gasteiger partial charge in [0.05, 0.1) is 5.56 Å². The van der Waals surface area contributed by atoms with Gasteiger partial charge in [0.15, 0.2) is 0 Å². The van der Waals surface area contributed by atoms with Gasteiger partial charge >= 0.3 is 6.18 Å². The molecule has 0 atom stereocenters. The molecular formula is C18H23F3N2O2. The van der Waals surface area contributed by atoms with E-state index in [0.717, 1.165) is 25.0 Å². The summed E-state index contributed by atoms with van der Waals surface area (Å²) in [5.74, 6) is -0.304. The Hall–Kier alpha value is -2.05. The minimum absolute atomic E-state index is 0.128. The van der Waals surface area contributed by atoms with Crippen LogP contribution in [0.1, 0.15) is 44.6 Å². The van der Waals surface area contributed by atoms with Crippen LogP contribution in [0.5, 0.6) is 0 Å². The predicted octanol–water partition coefficient (Wildman–Crippen LogP) is 4.07. The lowest BCUT2D eigenvalue weighted by atomic mass is 9.95. The maximum Gasteiger partial charge on any atom is 0.416 e. The normalized spacial score (nSPS) is 15.9. The maximum atomic E-state index is 12.5. The van der Waals surface area contributed by atoms with Crippen molar-refractivity contribution in [2.45, 2.75) is 45.2 Å². The minimum atomic E-state index is -4.39. The number of hydrogen-bond donors (Lipinski definition) is 1. The van der Waals surface area contributed by atoms with Gasteiger partial charge in [-0.05, 0) is 43.5 Å². The number of nitrogens with one attached hydrogen (secondary N) is 1. The lowest BCUT2D eigenvalue weighted by molar-refractivity contribution is -0.137. The van der Waals surface area contributed by atoms with Crippen molar-refractivity contribution in [1.29, 1.82) is 0 Å². The molecule has 1 fully saturated rings. The average Bonchev–Trinajstić information content (AvgIpc) is 2.59. The largest absolute Gasteiger partial charge is 0.416 e. The van der Waals surface area contributed by atoms with Crippen LogP contribution in [0.3, 0.4) is 0 Å². The Morgan fingerprint density at radius 1 is 1.16 bits per heavy atom. The lowest BCUT2D eigenvalue weighted by Gasteiger charge is -2.31. The molecule has 1 aliphatic heterocycles. The van der Waals surface area contributed by atoms with E-state index < -0.39 is 11.7 Å². The topological polar surface area (TPSA) is 49.4 Å². The molecule has 1 heterocycles. The predicted molar refractivity (Wildman–Crippen MR) is 88.9 cm³/mol. The van der Waals surface area contributed by atoms with Crippen LogP contribution in [0.15, 0.2) is 24.3 Å². The van der Waals surface area contributed by atoms with Crippen molar-refractivity contribution in [2.24, 2.45) is 5.92 Å². The lowest BCUT2D eigenvalue weighted by Crippen LogP contribution is -2.41. The molecule has 0 bridgehead atoms. The number of halogens is 3. The van der Waals surface area contributed by atoms with E-state index in [9.17, 15) is 22.8 Å². The molecule has 1 aromatic carbocycles. The van der Waals surface area contributed by atoms with E-state index in [4.69, 9.17) is 0 Å². The van der Waals surface area contributed by atoms with Crippen LogP contribution in [0.25, 0.3) is 0 Å². The number of rotatable bonds is 5. The molecule has 2 amide bonds. The van der Waals surface area contributed by atoms with Gasteiger partial charge in [-0.2, -0.15) is 13.2 Å². The number of alkyl halides is 3. The number of amides is 2. The minimum Gasteiger partial charge on any atom is -0.343 e. The summed E-state index contributed by atoms with van der Waals surface area (Å²) in [5, 5.41) is 2.66. The first-order valence-electron chi connectivity index (χ1n) is 8.57. The third kappa shape index (κ3) is 5.47. The van der Waals surface area contributed by atoms with Crippen LogP contribution >= 0.6 is 0 Å². The molecule has 0 radical (unpaired) electrons. The van der Waals surface area contributed by atoms with E-state index in [-0.39, 0.29) is 17.7 Å². The van der Waals surface area contributed by atoms with Crippen LogP contribution in [0, 0.1) is 5.92 Å². The molecule has 25 heavy (non-hydrogen) atoms. The quantitative estimate of drug-likeness (QED) is 0.864. The Kier molecular flexibility index (Phi) is 6.45. The second kappa shape index (κ2) is 8.36. The molecule has 1 aliphatic rings. The Balaban J connectivity index is 1.83. The number of likely N-dealkylation sites (tertiary alicyclic amines) is 1. The highest BCUT2D eigenvalue weighted by Gasteiger charge is 2.30. The second-order valence-electron chi connectivity index (χ2n) is 6.32. The number of unbranched alkanes of at least 4 members (excludes halogenated alkanes) is 1. The van der Waals surface area contributed by atoms with Gasteiger partial charge in [0, 0.05) is 31.1 Å². The third-order valence-corrected chi connectivity index (χ3v) is 4.44. The van der Waals surface area contributed by atoms with Gasteiger partial charge in [-0.15, -0.1) is 0 Å². The van der Waals surface area contributed by atoms with Crippen molar-refractivity contribution in [3.63, 3.8) is 0 Å². The molecule has 0 spiro atoms. The van der Waals surface area contributed by atoms with E-state index in [1.54, 1.807) is 4.90 Å². The summed E-state index contributed by atoms with van der Waals surface area (Å²) in [6.07, 6.45) is -0.863. The second-order valence-corrected chi connectivity index (χ2v) is 6.32. The first-order chi connectivity index (χ1) is 11.8. The van der Waals surface area contributed by atoms with Crippen molar-refractivity contribution < 1.29 is 22.8 Å². The van der Waals surface area contributed by atoms with E-state index in [0.29, 0.717) is 38.0 Å². The van der Waals surface area contributed by atoms with Crippen molar-refractivity contribution in [2.75, 3.05) is 18.4 Å². The summed E-state index contributed by atoms with van der Waals surface area (Å²) in [7, 11) is 0. The van der Waals surface area contributed by atoms with Crippen molar-refractivity contribution >= 4 is 17.5 Å². The summed E-state index contributed by atoms with van der Waals surface area (Å²) in [4.78, 5) is 26.0. The summed E-state index contributed by atoms with van der Waals surface area (Å²) >= 11 is 0. The number of carbonyl (C=O) groups excluding carboxylic acids is 2. The Morgan fingerprint density at radius 2 is 1.76 bits per heavy atom. The third-order valence-electron chi connectivity index (χ3n) is 4.44. The highest BCUT2D eigenvalue weighted by atomic mass is 19.4. The molecule has 2 rings (SSSR count). The highest BCUT2D eigenvalue weighted by molar-refractivity contribution is 5.92. The fourth-order valence-corrected chi connectivity index (χ4v) is 2.86. The maximum absolute atomic E-state index is 12.5. The average molecular weight is 356 g/mol. The smallest absolute Gasteiger partial charge is 0.343 e. The highest BCUT2D eigenvalue weighted by Crippen LogP contribution is 2.30. The zero-order chi connectivity index (χ0) is 18.4. The van der Waals surface area contributed by atoms with E-state index in [1.165, 1.54) is 12.1 Å². The number of nitrogens with zero attached hydrogens (tertiary/aromatic N) is 1. The zero-order valence-corrected chi connectivity index (χ0v) is 14.2. The van der Waals surface area contributed by atoms with Crippen LogP contribution in [0.4, 0.5) is 18.9 Å². The summed E-state index contributed by atoms with van der Waals surface area (Å²) < 4.78 is 37.6. The van der Waals surface area contributed by atoms with Crippen molar-refractivity contribution in [1.82, 2.24) is 4.90 Å². The van der Waals surface area contributed by atoms with Gasteiger partial charge < -0.3 is 10.2 Å². The van der Waals surface area contributed by atoms with Crippen LogP contribution in [-0.4, -0.2) is 29.8 Å². The first kappa shape index (κ1) is 19.3. The molecule has 138 valence electrons. The fraction of sp³-hybridized carbons (Fsp3) is 0.556. The van der Waals surface area contributed by atoms with E-state index in [1.807, 2.05) is 6.92 Å². The van der Waals surface area contributed by atoms with Gasteiger partial charge in [-0.25, -0.2) is 0 Å². The standard InChI is InChI=1S/C18H23F3N2O2/c1-2-3-4-16(24)23-11-9-13(10-12-23)17(25)22-15-7-5-14(6-8-15)18(19,20)21/h5-8,13H,2-4,9-12H2,1H3,(H,22,25). The van der Waals surface area contributed by atoms with Gasteiger partial charge in [-0.1, -0.05) is 13.3 Å². The summed E-state index contributed by atoms with van der Waals surface area (Å²) in [5.41, 5.74) is -0.399. The van der Waals surface area contributed by atoms with Crippen LogP contribution < -0.4 is 5.32 Å². The Bertz CT molecular complexity index is 591. The molecular weight excluding hydrogens is 333 g/mol. The monoisotopic (exact) mass is 356 g/mol. The number of anilines is 1. The molecule has 0 aliphatic carbocycles. The van der Waals surface area contributed by atoms with Gasteiger partial charge in [0.2, 0.25) is 11.8 Å². The van der Waals surface area contributed by atoms with Gasteiger partial charge in [-0.3, -0.25) is 9.59 Å². The van der Waals surface area contributed by atoms with Crippen LogP contribution in [0.2, 0.25) is 0 Å². The summed E-state index contributed by atoms with van der Waals surface area (Å²) in [6, 6.07) is 4.41. The Morgan fingerprint density at radius 3 is 2.28 bits per heavy atom. The Labute approximate surface area is 145 Å². The van der Waals surface area contributed by atoms with Gasteiger partial charge in [0.25, 0.3) is 0 Å². The van der Waals surface area contributed by atoms with Crippen molar-refractivity contribution in [3.8, 4) is 0 Å². The summed E-state index contributed by atoms with van der Waals surface area (Å²) in [6.45, 7) is 3.13. The molecule has 1 aromatic rings. The fourth-order valence-electron chi connectivity index (χ4n) is 2.86. The number of piperidine rings is 1. The zero-order valence-electron chi connectivity index (χ0n) is 14.2. The molecule has 1 N–H and O–H groups in total. The van der Waals surface area contributed by atoms with Gasteiger partial charge in [0.1, 0.15) is 0 Å². The van der Waals surface area contributed by atoms with Crippen molar-refractivity contribution in [3.05, 3.63) is 29.8 Å². The molecule has 0 unspecified atom stereocenters. The molecule has 7 heteroatoms. The SMILES string of the molecule is CCCCC(=O)N1CCC(C(=O)Nc2ccc(C(F)(F)F)cc2)CC1. The molecule has 1 saturated heterocycles. The molecule has 0 saturated carbocycles. The molecule has 0 aromatic heterocycles. The first-order valence-corrected chi connectivity index (χ1v) is 8.57. The van der Waals surface area contributed by atoms with Crippen LogP contribution in [-0.2, 0) is 15.8 Å². The number of carbonyl (C=O) groups is 2. The number of hydrogen-bond acceptors (Lipinski definition) is 2.